The molecule has 0 N–H and O–H groups in total. The lowest BCUT2D eigenvalue weighted by Crippen LogP contribution is -2.09. The van der Waals surface area contributed by atoms with Crippen LogP contribution < -0.4 is 0 Å². The first-order chi connectivity index (χ1) is 9.52. The molecule has 20 heavy (non-hydrogen) atoms. The number of hydrogen-bond donors (Lipinski definition) is 0. The first-order valence-electron chi connectivity index (χ1n) is 6.25. The number of nitrogens with zero attached hydrogens (tertiary/aromatic N) is 4. The van der Waals surface area contributed by atoms with Crippen molar-refractivity contribution in [3.63, 3.8) is 0 Å². The molecule has 1 aromatic heterocycles. The summed E-state index contributed by atoms with van der Waals surface area (Å²) in [5.41, 5.74) is 0.706. The maximum atomic E-state index is 10.9. The van der Waals surface area contributed by atoms with E-state index in [1.807, 2.05) is 4.57 Å². The second kappa shape index (κ2) is 6.00. The number of nitro benzene ring substituents is 1. The highest BCUT2D eigenvalue weighted by molar-refractivity contribution is 6.16. The van der Waals surface area contributed by atoms with Crippen molar-refractivity contribution in [1.29, 1.82) is 0 Å². The van der Waals surface area contributed by atoms with Crippen LogP contribution >= 0.6 is 11.6 Å². The summed E-state index contributed by atoms with van der Waals surface area (Å²) in [7, 11) is 0. The van der Waals surface area contributed by atoms with Crippen LogP contribution in [0.15, 0.2) is 24.3 Å². The molecule has 0 aliphatic carbocycles. The molecule has 0 aliphatic rings. The van der Waals surface area contributed by atoms with E-state index in [0.717, 1.165) is 0 Å². The minimum Gasteiger partial charge on any atom is -0.310 e. The molecule has 0 bridgehead atoms. The van der Waals surface area contributed by atoms with Gasteiger partial charge < -0.3 is 4.57 Å². The molecule has 0 spiro atoms. The Labute approximate surface area is 121 Å². The fraction of sp³-hybridized carbons (Fsp3) is 0.385. The van der Waals surface area contributed by atoms with Crippen LogP contribution in [0.2, 0.25) is 0 Å². The summed E-state index contributed by atoms with van der Waals surface area (Å²) in [4.78, 5) is 10.4. The highest BCUT2D eigenvalue weighted by atomic mass is 35.5. The predicted octanol–water partition coefficient (Wildman–Crippen LogP) is 3.25. The SMILES string of the molecule is CC(C)Cn1c(CCl)nnc1-c1cccc([N+](=O)[O-])c1. The van der Waals surface area contributed by atoms with Gasteiger partial charge in [-0.3, -0.25) is 10.1 Å². The fourth-order valence-electron chi connectivity index (χ4n) is 1.96. The van der Waals surface area contributed by atoms with Crippen LogP contribution in [0, 0.1) is 16.0 Å². The Morgan fingerprint density at radius 2 is 2.15 bits per heavy atom. The molecule has 0 unspecified atom stereocenters. The molecule has 0 saturated heterocycles. The number of nitro groups is 1. The minimum atomic E-state index is -0.422. The highest BCUT2D eigenvalue weighted by Crippen LogP contribution is 2.24. The zero-order valence-corrected chi connectivity index (χ0v) is 12.0. The van der Waals surface area contributed by atoms with Crippen molar-refractivity contribution in [2.24, 2.45) is 5.92 Å². The smallest absolute Gasteiger partial charge is 0.270 e. The van der Waals surface area contributed by atoms with E-state index in [-0.39, 0.29) is 11.6 Å². The molecule has 0 amide bonds. The number of rotatable bonds is 5. The number of alkyl halides is 1. The Hall–Kier alpha value is -1.95. The molecule has 0 aliphatic heterocycles. The van der Waals surface area contributed by atoms with Gasteiger partial charge in [0.2, 0.25) is 0 Å². The largest absolute Gasteiger partial charge is 0.310 e. The van der Waals surface area contributed by atoms with Crippen LogP contribution in [-0.2, 0) is 12.4 Å². The van der Waals surface area contributed by atoms with E-state index in [1.54, 1.807) is 12.1 Å². The molecule has 1 heterocycles. The average Bonchev–Trinajstić information content (AvgIpc) is 2.81. The number of halogens is 1. The summed E-state index contributed by atoms with van der Waals surface area (Å²) in [6.07, 6.45) is 0. The Balaban J connectivity index is 2.49. The van der Waals surface area contributed by atoms with Gasteiger partial charge in [0, 0.05) is 24.2 Å². The van der Waals surface area contributed by atoms with E-state index in [9.17, 15) is 10.1 Å². The molecule has 2 rings (SSSR count). The molecular weight excluding hydrogens is 280 g/mol. The van der Waals surface area contributed by atoms with Gasteiger partial charge in [0.1, 0.15) is 5.82 Å². The third kappa shape index (κ3) is 2.96. The molecule has 6 nitrogen and oxygen atoms in total. The summed E-state index contributed by atoms with van der Waals surface area (Å²) in [5.74, 6) is 1.93. The highest BCUT2D eigenvalue weighted by Gasteiger charge is 2.16. The van der Waals surface area contributed by atoms with Crippen LogP contribution in [0.5, 0.6) is 0 Å². The second-order valence-corrected chi connectivity index (χ2v) is 5.15. The number of non-ortho nitro benzene ring substituents is 1. The van der Waals surface area contributed by atoms with Gasteiger partial charge in [0.05, 0.1) is 10.8 Å². The molecule has 0 radical (unpaired) electrons. The number of benzene rings is 1. The standard InChI is InChI=1S/C13H15ClN4O2/c1-9(2)8-17-12(7-14)15-16-13(17)10-4-3-5-11(6-10)18(19)20/h3-6,9H,7-8H2,1-2H3. The van der Waals surface area contributed by atoms with Crippen molar-refractivity contribution < 1.29 is 4.92 Å². The zero-order valence-electron chi connectivity index (χ0n) is 11.3. The van der Waals surface area contributed by atoms with Crippen molar-refractivity contribution in [1.82, 2.24) is 14.8 Å². The average molecular weight is 295 g/mol. The molecule has 2 aromatic rings. The maximum Gasteiger partial charge on any atom is 0.270 e. The molecule has 0 fully saturated rings. The van der Waals surface area contributed by atoms with E-state index in [1.165, 1.54) is 12.1 Å². The first-order valence-corrected chi connectivity index (χ1v) is 6.79. The summed E-state index contributed by atoms with van der Waals surface area (Å²) < 4.78 is 1.91. The summed E-state index contributed by atoms with van der Waals surface area (Å²) in [5, 5.41) is 19.0. The Morgan fingerprint density at radius 1 is 1.40 bits per heavy atom. The third-order valence-corrected chi connectivity index (χ3v) is 3.05. The van der Waals surface area contributed by atoms with Crippen LogP contribution in [-0.4, -0.2) is 19.7 Å². The topological polar surface area (TPSA) is 73.8 Å². The van der Waals surface area contributed by atoms with E-state index in [4.69, 9.17) is 11.6 Å². The van der Waals surface area contributed by atoms with Crippen molar-refractivity contribution in [3.05, 3.63) is 40.2 Å². The van der Waals surface area contributed by atoms with Gasteiger partial charge in [-0.1, -0.05) is 26.0 Å². The van der Waals surface area contributed by atoms with Gasteiger partial charge in [-0.2, -0.15) is 0 Å². The van der Waals surface area contributed by atoms with Crippen LogP contribution in [0.25, 0.3) is 11.4 Å². The molecule has 1 aromatic carbocycles. The van der Waals surface area contributed by atoms with E-state index >= 15 is 0 Å². The van der Waals surface area contributed by atoms with E-state index in [2.05, 4.69) is 24.0 Å². The van der Waals surface area contributed by atoms with Crippen LogP contribution in [0.4, 0.5) is 5.69 Å². The van der Waals surface area contributed by atoms with Gasteiger partial charge >= 0.3 is 0 Å². The lowest BCUT2D eigenvalue weighted by molar-refractivity contribution is -0.384. The number of aromatic nitrogens is 3. The third-order valence-electron chi connectivity index (χ3n) is 2.81. The van der Waals surface area contributed by atoms with Gasteiger partial charge in [-0.25, -0.2) is 0 Å². The lowest BCUT2D eigenvalue weighted by atomic mass is 10.1. The van der Waals surface area contributed by atoms with Crippen LogP contribution in [0.1, 0.15) is 19.7 Å². The molecule has 106 valence electrons. The summed E-state index contributed by atoms with van der Waals surface area (Å²) >= 11 is 5.87. The molecule has 7 heteroatoms. The molecule has 0 atom stereocenters. The minimum absolute atomic E-state index is 0.0361. The van der Waals surface area contributed by atoms with Gasteiger partial charge in [0.25, 0.3) is 5.69 Å². The Bertz CT molecular complexity index is 625. The first kappa shape index (κ1) is 14.5. The van der Waals surface area contributed by atoms with Crippen molar-refractivity contribution in [3.8, 4) is 11.4 Å². The fourth-order valence-corrected chi connectivity index (χ4v) is 2.16. The normalized spacial score (nSPS) is 11.0. The van der Waals surface area contributed by atoms with Crippen molar-refractivity contribution >= 4 is 17.3 Å². The van der Waals surface area contributed by atoms with Gasteiger partial charge in [-0.05, 0) is 5.92 Å². The number of hydrogen-bond acceptors (Lipinski definition) is 4. The van der Waals surface area contributed by atoms with Crippen LogP contribution in [0.3, 0.4) is 0 Å². The Kier molecular flexibility index (Phi) is 4.34. The second-order valence-electron chi connectivity index (χ2n) is 4.89. The quantitative estimate of drug-likeness (QED) is 0.482. The van der Waals surface area contributed by atoms with E-state index < -0.39 is 4.92 Å². The monoisotopic (exact) mass is 294 g/mol. The van der Waals surface area contributed by atoms with Gasteiger partial charge in [0.15, 0.2) is 5.82 Å². The van der Waals surface area contributed by atoms with E-state index in [0.29, 0.717) is 29.7 Å². The lowest BCUT2D eigenvalue weighted by Gasteiger charge is -2.11. The van der Waals surface area contributed by atoms with Gasteiger partial charge in [-0.15, -0.1) is 21.8 Å². The maximum absolute atomic E-state index is 10.9. The van der Waals surface area contributed by atoms with Crippen molar-refractivity contribution in [2.45, 2.75) is 26.3 Å². The van der Waals surface area contributed by atoms with Crippen molar-refractivity contribution in [2.75, 3.05) is 0 Å². The predicted molar refractivity (Wildman–Crippen MR) is 76.5 cm³/mol. The molecular formula is C13H15ClN4O2. The summed E-state index contributed by atoms with van der Waals surface area (Å²) in [6.45, 7) is 4.87. The zero-order chi connectivity index (χ0) is 14.7. The Morgan fingerprint density at radius 3 is 2.75 bits per heavy atom. The summed E-state index contributed by atoms with van der Waals surface area (Å²) in [6, 6.07) is 6.38. The molecule has 0 saturated carbocycles.